The van der Waals surface area contributed by atoms with Crippen LogP contribution < -0.4 is 15.4 Å². The number of rotatable bonds is 7. The summed E-state index contributed by atoms with van der Waals surface area (Å²) in [6.45, 7) is 4.71. The zero-order valence-corrected chi connectivity index (χ0v) is 14.6. The molecule has 0 aromatic heterocycles. The van der Waals surface area contributed by atoms with E-state index in [1.807, 2.05) is 0 Å². The molecule has 1 aliphatic heterocycles. The van der Waals surface area contributed by atoms with Crippen molar-refractivity contribution < 1.29 is 18.3 Å². The van der Waals surface area contributed by atoms with Gasteiger partial charge in [-0.2, -0.15) is 0 Å². The van der Waals surface area contributed by atoms with Crippen LogP contribution in [0.1, 0.15) is 26.2 Å². The van der Waals surface area contributed by atoms with Crippen LogP contribution in [-0.2, 0) is 4.79 Å². The third-order valence-electron chi connectivity index (χ3n) is 4.23. The van der Waals surface area contributed by atoms with Gasteiger partial charge < -0.3 is 15.4 Å². The second-order valence-corrected chi connectivity index (χ2v) is 6.06. The first kappa shape index (κ1) is 20.6. The van der Waals surface area contributed by atoms with Gasteiger partial charge in [-0.3, -0.25) is 4.79 Å². The quantitative estimate of drug-likeness (QED) is 0.733. The lowest BCUT2D eigenvalue weighted by Gasteiger charge is -2.28. The first-order valence-corrected chi connectivity index (χ1v) is 8.11. The second-order valence-electron chi connectivity index (χ2n) is 6.06. The lowest BCUT2D eigenvalue weighted by molar-refractivity contribution is -0.122. The number of amides is 1. The largest absolute Gasteiger partial charge is 0.492 e. The molecule has 2 unspecified atom stereocenters. The maximum absolute atomic E-state index is 13.0. The molecule has 2 N–H and O–H groups in total. The van der Waals surface area contributed by atoms with E-state index in [0.29, 0.717) is 24.8 Å². The molecule has 7 heteroatoms. The first-order chi connectivity index (χ1) is 11.1. The van der Waals surface area contributed by atoms with Crippen LogP contribution in [0.25, 0.3) is 0 Å². The van der Waals surface area contributed by atoms with Crippen LogP contribution in [0.15, 0.2) is 18.2 Å². The van der Waals surface area contributed by atoms with Crippen molar-refractivity contribution in [1.82, 2.24) is 10.6 Å². The standard InChI is InChI=1S/C17H24F2N2O2.ClH/c1-12(13-3-2-6-20-11-13)9-17(22)21-7-8-23-14-4-5-15(18)16(19)10-14;/h4-5,10,12-13,20H,2-3,6-9,11H2,1H3,(H,21,22);1H. The van der Waals surface area contributed by atoms with Crippen molar-refractivity contribution in [2.45, 2.75) is 26.2 Å². The Labute approximate surface area is 147 Å². The number of benzene rings is 1. The van der Waals surface area contributed by atoms with Gasteiger partial charge in [0.1, 0.15) is 12.4 Å². The molecule has 1 heterocycles. The van der Waals surface area contributed by atoms with Crippen LogP contribution in [0.2, 0.25) is 0 Å². The van der Waals surface area contributed by atoms with E-state index in [-0.39, 0.29) is 30.7 Å². The van der Waals surface area contributed by atoms with Gasteiger partial charge in [0.25, 0.3) is 0 Å². The van der Waals surface area contributed by atoms with Gasteiger partial charge in [-0.15, -0.1) is 12.4 Å². The van der Waals surface area contributed by atoms with Gasteiger partial charge in [0, 0.05) is 12.5 Å². The van der Waals surface area contributed by atoms with Crippen molar-refractivity contribution in [2.75, 3.05) is 26.2 Å². The summed E-state index contributed by atoms with van der Waals surface area (Å²) >= 11 is 0. The zero-order chi connectivity index (χ0) is 16.7. The Morgan fingerprint density at radius 3 is 2.88 bits per heavy atom. The number of carbonyl (C=O) groups excluding carboxylic acids is 1. The third-order valence-corrected chi connectivity index (χ3v) is 4.23. The van der Waals surface area contributed by atoms with Gasteiger partial charge in [-0.25, -0.2) is 8.78 Å². The summed E-state index contributed by atoms with van der Waals surface area (Å²) in [5, 5.41) is 6.16. The fraction of sp³-hybridized carbons (Fsp3) is 0.588. The van der Waals surface area contributed by atoms with Crippen LogP contribution in [-0.4, -0.2) is 32.1 Å². The summed E-state index contributed by atoms with van der Waals surface area (Å²) in [5.41, 5.74) is 0. The van der Waals surface area contributed by atoms with E-state index in [0.717, 1.165) is 25.2 Å². The predicted molar refractivity (Wildman–Crippen MR) is 91.5 cm³/mol. The molecule has 1 amide bonds. The summed E-state index contributed by atoms with van der Waals surface area (Å²) in [7, 11) is 0. The minimum Gasteiger partial charge on any atom is -0.492 e. The summed E-state index contributed by atoms with van der Waals surface area (Å²) in [6.07, 6.45) is 2.83. The van der Waals surface area contributed by atoms with Crippen LogP contribution in [0.5, 0.6) is 5.75 Å². The molecule has 0 aliphatic carbocycles. The first-order valence-electron chi connectivity index (χ1n) is 8.11. The lowest BCUT2D eigenvalue weighted by Crippen LogP contribution is -2.36. The van der Waals surface area contributed by atoms with Gasteiger partial charge in [-0.05, 0) is 49.9 Å². The number of nitrogens with one attached hydrogen (secondary N) is 2. The molecule has 1 saturated heterocycles. The van der Waals surface area contributed by atoms with Gasteiger partial charge in [0.15, 0.2) is 11.6 Å². The molecule has 136 valence electrons. The molecular formula is C17H25ClF2N2O2. The summed E-state index contributed by atoms with van der Waals surface area (Å²) in [6, 6.07) is 3.37. The Morgan fingerprint density at radius 1 is 1.42 bits per heavy atom. The molecule has 0 spiro atoms. The number of hydrogen-bond donors (Lipinski definition) is 2. The van der Waals surface area contributed by atoms with Gasteiger partial charge in [0.05, 0.1) is 6.54 Å². The van der Waals surface area contributed by atoms with Crippen molar-refractivity contribution in [1.29, 1.82) is 0 Å². The highest BCUT2D eigenvalue weighted by atomic mass is 35.5. The Balaban J connectivity index is 0.00000288. The minimum atomic E-state index is -0.943. The molecule has 1 fully saturated rings. The van der Waals surface area contributed by atoms with Crippen molar-refractivity contribution in [3.05, 3.63) is 29.8 Å². The van der Waals surface area contributed by atoms with E-state index in [9.17, 15) is 13.6 Å². The average Bonchev–Trinajstić information content (AvgIpc) is 2.55. The number of ether oxygens (including phenoxy) is 1. The smallest absolute Gasteiger partial charge is 0.220 e. The maximum atomic E-state index is 13.0. The predicted octanol–water partition coefficient (Wildman–Crippen LogP) is 2.91. The molecule has 2 atom stereocenters. The van der Waals surface area contributed by atoms with E-state index < -0.39 is 11.6 Å². The fourth-order valence-electron chi connectivity index (χ4n) is 2.82. The molecule has 0 radical (unpaired) electrons. The van der Waals surface area contributed by atoms with Crippen molar-refractivity contribution >= 4 is 18.3 Å². The topological polar surface area (TPSA) is 50.4 Å². The van der Waals surface area contributed by atoms with Crippen molar-refractivity contribution in [3.63, 3.8) is 0 Å². The van der Waals surface area contributed by atoms with Gasteiger partial charge >= 0.3 is 0 Å². The Bertz CT molecular complexity index is 525. The molecule has 24 heavy (non-hydrogen) atoms. The molecule has 0 saturated carbocycles. The highest BCUT2D eigenvalue weighted by Crippen LogP contribution is 2.22. The third kappa shape index (κ3) is 6.61. The molecule has 0 bridgehead atoms. The zero-order valence-electron chi connectivity index (χ0n) is 13.8. The highest BCUT2D eigenvalue weighted by molar-refractivity contribution is 5.85. The van der Waals surface area contributed by atoms with Crippen LogP contribution in [0.4, 0.5) is 8.78 Å². The summed E-state index contributed by atoms with van der Waals surface area (Å²) in [4.78, 5) is 11.9. The SMILES string of the molecule is CC(CC(=O)NCCOc1ccc(F)c(F)c1)C1CCCNC1.Cl. The molecule has 4 nitrogen and oxygen atoms in total. The average molecular weight is 363 g/mol. The number of halogens is 3. The van der Waals surface area contributed by atoms with Gasteiger partial charge in [0.2, 0.25) is 5.91 Å². The fourth-order valence-corrected chi connectivity index (χ4v) is 2.82. The molecule has 1 aromatic carbocycles. The summed E-state index contributed by atoms with van der Waals surface area (Å²) < 4.78 is 31.1. The van der Waals surface area contributed by atoms with Crippen molar-refractivity contribution in [3.8, 4) is 5.75 Å². The molecular weight excluding hydrogens is 338 g/mol. The van der Waals surface area contributed by atoms with Crippen LogP contribution in [0.3, 0.4) is 0 Å². The summed E-state index contributed by atoms with van der Waals surface area (Å²) in [5.74, 6) is -0.710. The number of carbonyl (C=O) groups is 1. The van der Waals surface area contributed by atoms with E-state index in [4.69, 9.17) is 4.74 Å². The van der Waals surface area contributed by atoms with Crippen molar-refractivity contribution in [2.24, 2.45) is 11.8 Å². The van der Waals surface area contributed by atoms with Crippen LogP contribution in [0, 0.1) is 23.5 Å². The number of hydrogen-bond acceptors (Lipinski definition) is 3. The van der Waals surface area contributed by atoms with E-state index in [2.05, 4.69) is 17.6 Å². The monoisotopic (exact) mass is 362 g/mol. The Kier molecular flexibility index (Phi) is 9.00. The van der Waals surface area contributed by atoms with E-state index in [1.54, 1.807) is 0 Å². The molecule has 1 aromatic rings. The number of piperidine rings is 1. The van der Waals surface area contributed by atoms with E-state index >= 15 is 0 Å². The Hall–Kier alpha value is -1.40. The molecule has 1 aliphatic rings. The normalized spacial score (nSPS) is 18.4. The van der Waals surface area contributed by atoms with Gasteiger partial charge in [-0.1, -0.05) is 6.92 Å². The maximum Gasteiger partial charge on any atom is 0.220 e. The Morgan fingerprint density at radius 2 is 2.21 bits per heavy atom. The van der Waals surface area contributed by atoms with Crippen LogP contribution >= 0.6 is 12.4 Å². The lowest BCUT2D eigenvalue weighted by atomic mass is 9.85. The highest BCUT2D eigenvalue weighted by Gasteiger charge is 2.21. The van der Waals surface area contributed by atoms with E-state index in [1.165, 1.54) is 18.9 Å². The minimum absolute atomic E-state index is 0. The molecule has 2 rings (SSSR count). The second kappa shape index (κ2) is 10.5.